The lowest BCUT2D eigenvalue weighted by atomic mass is 9.76. The summed E-state index contributed by atoms with van der Waals surface area (Å²) in [6, 6.07) is 13.3. The number of hydrogen-bond acceptors (Lipinski definition) is 6. The van der Waals surface area contributed by atoms with Gasteiger partial charge in [-0.05, 0) is 48.7 Å². The Balaban J connectivity index is 1.52. The minimum Gasteiger partial charge on any atom is -0.493 e. The normalized spacial score (nSPS) is 21.9. The molecule has 2 amide bonds. The van der Waals surface area contributed by atoms with Crippen molar-refractivity contribution in [2.24, 2.45) is 22.0 Å². The average molecular weight is 459 g/mol. The van der Waals surface area contributed by atoms with Gasteiger partial charge in [-0.2, -0.15) is 10.2 Å². The van der Waals surface area contributed by atoms with Crippen LogP contribution in [0.3, 0.4) is 0 Å². The predicted molar refractivity (Wildman–Crippen MR) is 129 cm³/mol. The van der Waals surface area contributed by atoms with E-state index in [0.717, 1.165) is 29.0 Å². The second kappa shape index (κ2) is 9.13. The lowest BCUT2D eigenvalue weighted by molar-refractivity contribution is -0.124. The highest BCUT2D eigenvalue weighted by Gasteiger charge is 2.40. The summed E-state index contributed by atoms with van der Waals surface area (Å²) in [6.07, 6.45) is 6.65. The Morgan fingerprint density at radius 1 is 0.882 bits per heavy atom. The summed E-state index contributed by atoms with van der Waals surface area (Å²) in [4.78, 5) is 24.8. The van der Waals surface area contributed by atoms with Crippen molar-refractivity contribution in [2.45, 2.75) is 25.7 Å². The fourth-order valence-electron chi connectivity index (χ4n) is 4.71. The maximum Gasteiger partial charge on any atom is 0.251 e. The van der Waals surface area contributed by atoms with Crippen LogP contribution in [-0.4, -0.2) is 37.5 Å². The van der Waals surface area contributed by atoms with Gasteiger partial charge in [0.25, 0.3) is 5.91 Å². The van der Waals surface area contributed by atoms with Gasteiger partial charge in [-0.15, -0.1) is 0 Å². The number of hydrogen-bond donors (Lipinski definition) is 1. The van der Waals surface area contributed by atoms with E-state index in [1.807, 2.05) is 42.5 Å². The number of nitrogens with zero attached hydrogens (tertiary/aromatic N) is 3. The lowest BCUT2D eigenvalue weighted by Gasteiger charge is -2.37. The van der Waals surface area contributed by atoms with Crippen molar-refractivity contribution in [2.75, 3.05) is 19.2 Å². The minimum absolute atomic E-state index is 0.00586. The molecule has 0 saturated carbocycles. The maximum absolute atomic E-state index is 13.5. The van der Waals surface area contributed by atoms with Gasteiger partial charge in [0.15, 0.2) is 11.5 Å². The highest BCUT2D eigenvalue weighted by molar-refractivity contribution is 6.12. The van der Waals surface area contributed by atoms with Crippen LogP contribution in [0.1, 0.15) is 36.8 Å². The van der Waals surface area contributed by atoms with Crippen LogP contribution in [-0.2, 0) is 9.59 Å². The number of nitrogens with one attached hydrogen (secondary N) is 1. The first kappa shape index (κ1) is 21.9. The molecule has 5 rings (SSSR count). The number of benzene rings is 2. The Morgan fingerprint density at radius 3 is 2.26 bits per heavy atom. The van der Waals surface area contributed by atoms with E-state index in [1.54, 1.807) is 14.2 Å². The van der Waals surface area contributed by atoms with Crippen molar-refractivity contribution in [1.29, 1.82) is 0 Å². The van der Waals surface area contributed by atoms with Crippen LogP contribution < -0.4 is 19.9 Å². The fourth-order valence-corrected chi connectivity index (χ4v) is 4.71. The quantitative estimate of drug-likeness (QED) is 0.693. The number of amides is 2. The van der Waals surface area contributed by atoms with Gasteiger partial charge in [-0.25, -0.2) is 10.4 Å². The zero-order chi connectivity index (χ0) is 23.7. The molecule has 0 radical (unpaired) electrons. The molecule has 0 saturated heterocycles. The van der Waals surface area contributed by atoms with Gasteiger partial charge in [0.05, 0.1) is 37.2 Å². The van der Waals surface area contributed by atoms with Crippen molar-refractivity contribution in [3.63, 3.8) is 0 Å². The van der Waals surface area contributed by atoms with Gasteiger partial charge < -0.3 is 9.47 Å². The Morgan fingerprint density at radius 2 is 1.59 bits per heavy atom. The fraction of sp³-hybridized carbons (Fsp3) is 0.308. The minimum atomic E-state index is -0.178. The summed E-state index contributed by atoms with van der Waals surface area (Å²) in [5, 5.41) is 10.5. The van der Waals surface area contributed by atoms with E-state index in [2.05, 4.69) is 22.7 Å². The summed E-state index contributed by atoms with van der Waals surface area (Å²) >= 11 is 0. The smallest absolute Gasteiger partial charge is 0.251 e. The standard InChI is InChI=1S/C26H26N4O4/c1-33-22-13-9-17(15-23(22)34-2)25-19-5-3-4-6-20(19)26(32)30(29-25)18-10-7-16(8-11-18)21-12-14-24(31)28-27-21/h3-4,7-11,13,15,19-20H,5-6,12,14H2,1-2H3,(H,28,31). The number of ether oxygens (including phenoxy) is 2. The number of carbonyl (C=O) groups excluding carboxylic acids is 2. The van der Waals surface area contributed by atoms with Gasteiger partial charge in [0, 0.05) is 24.3 Å². The van der Waals surface area contributed by atoms with E-state index in [-0.39, 0.29) is 23.7 Å². The number of hydrazone groups is 2. The number of methoxy groups -OCH3 is 2. The van der Waals surface area contributed by atoms with Gasteiger partial charge in [0.2, 0.25) is 5.91 Å². The second-order valence-corrected chi connectivity index (χ2v) is 8.50. The molecule has 8 heteroatoms. The van der Waals surface area contributed by atoms with Gasteiger partial charge in [0.1, 0.15) is 0 Å². The number of fused-ring (bicyclic) bond motifs is 1. The van der Waals surface area contributed by atoms with Crippen LogP contribution >= 0.6 is 0 Å². The molecular formula is C26H26N4O4. The second-order valence-electron chi connectivity index (χ2n) is 8.50. The first-order chi connectivity index (χ1) is 16.6. The zero-order valence-electron chi connectivity index (χ0n) is 19.2. The molecule has 174 valence electrons. The van der Waals surface area contributed by atoms with Crippen LogP contribution in [0.15, 0.2) is 64.8 Å². The molecule has 0 bridgehead atoms. The molecule has 0 spiro atoms. The largest absolute Gasteiger partial charge is 0.493 e. The zero-order valence-corrected chi connectivity index (χ0v) is 19.2. The molecule has 1 aliphatic carbocycles. The van der Waals surface area contributed by atoms with Crippen molar-refractivity contribution >= 4 is 28.9 Å². The summed E-state index contributed by atoms with van der Waals surface area (Å²) < 4.78 is 10.9. The van der Waals surface area contributed by atoms with E-state index >= 15 is 0 Å². The maximum atomic E-state index is 13.5. The van der Waals surface area contributed by atoms with E-state index in [1.165, 1.54) is 5.01 Å². The van der Waals surface area contributed by atoms with Crippen LogP contribution in [0.4, 0.5) is 5.69 Å². The molecule has 2 unspecified atom stereocenters. The molecule has 0 fully saturated rings. The molecule has 2 atom stereocenters. The summed E-state index contributed by atoms with van der Waals surface area (Å²) in [5.41, 5.74) is 6.72. The lowest BCUT2D eigenvalue weighted by Crippen LogP contribution is -2.45. The average Bonchev–Trinajstić information content (AvgIpc) is 2.89. The van der Waals surface area contributed by atoms with Crippen molar-refractivity contribution in [1.82, 2.24) is 5.43 Å². The highest BCUT2D eigenvalue weighted by Crippen LogP contribution is 2.38. The SMILES string of the molecule is COc1ccc(C2=NN(c3ccc(C4=NNC(=O)CC4)cc3)C(=O)C3CC=CCC23)cc1OC. The van der Waals surface area contributed by atoms with Gasteiger partial charge in [-0.3, -0.25) is 9.59 Å². The summed E-state index contributed by atoms with van der Waals surface area (Å²) in [5.74, 6) is 1.02. The Labute approximate surface area is 197 Å². The third-order valence-electron chi connectivity index (χ3n) is 6.55. The number of anilines is 1. The van der Waals surface area contributed by atoms with Crippen LogP contribution in [0, 0.1) is 11.8 Å². The van der Waals surface area contributed by atoms with Crippen LogP contribution in [0.5, 0.6) is 11.5 Å². The number of allylic oxidation sites excluding steroid dienone is 2. The Bertz CT molecular complexity index is 1220. The van der Waals surface area contributed by atoms with E-state index in [0.29, 0.717) is 36.4 Å². The third-order valence-corrected chi connectivity index (χ3v) is 6.55. The highest BCUT2D eigenvalue weighted by atomic mass is 16.5. The summed E-state index contributed by atoms with van der Waals surface area (Å²) in [6.45, 7) is 0. The molecule has 2 aliphatic heterocycles. The first-order valence-corrected chi connectivity index (χ1v) is 11.3. The van der Waals surface area contributed by atoms with Crippen LogP contribution in [0.25, 0.3) is 0 Å². The molecule has 2 heterocycles. The molecular weight excluding hydrogens is 432 g/mol. The van der Waals surface area contributed by atoms with E-state index in [9.17, 15) is 9.59 Å². The Kier molecular flexibility index (Phi) is 5.88. The Hall–Kier alpha value is -3.94. The molecule has 34 heavy (non-hydrogen) atoms. The van der Waals surface area contributed by atoms with Crippen LogP contribution in [0.2, 0.25) is 0 Å². The number of rotatable bonds is 5. The molecule has 2 aromatic rings. The van der Waals surface area contributed by atoms with E-state index in [4.69, 9.17) is 14.6 Å². The monoisotopic (exact) mass is 458 g/mol. The van der Waals surface area contributed by atoms with Gasteiger partial charge in [-0.1, -0.05) is 24.3 Å². The summed E-state index contributed by atoms with van der Waals surface area (Å²) in [7, 11) is 3.21. The topological polar surface area (TPSA) is 92.6 Å². The van der Waals surface area contributed by atoms with Crippen molar-refractivity contribution in [3.8, 4) is 11.5 Å². The predicted octanol–water partition coefficient (Wildman–Crippen LogP) is 3.65. The molecule has 8 nitrogen and oxygen atoms in total. The first-order valence-electron chi connectivity index (χ1n) is 11.3. The molecule has 1 N–H and O–H groups in total. The van der Waals surface area contributed by atoms with Crippen molar-refractivity contribution in [3.05, 3.63) is 65.7 Å². The van der Waals surface area contributed by atoms with E-state index < -0.39 is 0 Å². The van der Waals surface area contributed by atoms with Gasteiger partial charge >= 0.3 is 0 Å². The molecule has 0 aromatic heterocycles. The molecule has 2 aromatic carbocycles. The molecule has 3 aliphatic rings. The third kappa shape index (κ3) is 3.96. The van der Waals surface area contributed by atoms with Crippen molar-refractivity contribution < 1.29 is 19.1 Å². The number of carbonyl (C=O) groups is 2.